The Hall–Kier alpha value is -6.20. The number of hydrogen-bond donors (Lipinski definition) is 1. The minimum absolute atomic E-state index is 0.00117. The average Bonchev–Trinajstić information content (AvgIpc) is 3.75. The normalized spacial score (nSPS) is 12.7. The van der Waals surface area contributed by atoms with E-state index in [-0.39, 0.29) is 22.0 Å². The highest BCUT2D eigenvalue weighted by molar-refractivity contribution is 6.13. The van der Waals surface area contributed by atoms with Crippen molar-refractivity contribution in [1.82, 2.24) is 14.5 Å². The molecular formula is C53H51N3O2. The third kappa shape index (κ3) is 6.25. The molecular weight excluding hydrogens is 711 g/mol. The van der Waals surface area contributed by atoms with Gasteiger partial charge in [0.2, 0.25) is 0 Å². The second-order valence-electron chi connectivity index (χ2n) is 19.0. The van der Waals surface area contributed by atoms with Crippen LogP contribution in [-0.2, 0) is 16.2 Å². The molecule has 5 heteroatoms. The molecule has 3 heterocycles. The lowest BCUT2D eigenvalue weighted by Gasteiger charge is -2.22. The first kappa shape index (κ1) is 37.4. The van der Waals surface area contributed by atoms with Gasteiger partial charge in [-0.1, -0.05) is 111 Å². The van der Waals surface area contributed by atoms with Crippen molar-refractivity contribution in [2.75, 3.05) is 0 Å². The van der Waals surface area contributed by atoms with Gasteiger partial charge >= 0.3 is 0 Å². The van der Waals surface area contributed by atoms with Crippen LogP contribution >= 0.6 is 0 Å². The molecule has 5 nitrogen and oxygen atoms in total. The second kappa shape index (κ2) is 13.2. The van der Waals surface area contributed by atoms with Crippen LogP contribution < -0.4 is 0 Å². The van der Waals surface area contributed by atoms with Crippen LogP contribution in [0.2, 0.25) is 0 Å². The summed E-state index contributed by atoms with van der Waals surface area (Å²) in [5, 5.41) is 14.9. The predicted molar refractivity (Wildman–Crippen MR) is 242 cm³/mol. The van der Waals surface area contributed by atoms with E-state index in [2.05, 4.69) is 159 Å². The molecule has 0 amide bonds. The first-order valence-corrected chi connectivity index (χ1v) is 20.3. The number of fused-ring (bicyclic) bond motifs is 5. The Morgan fingerprint density at radius 3 is 1.97 bits per heavy atom. The van der Waals surface area contributed by atoms with Crippen LogP contribution in [0.4, 0.5) is 0 Å². The van der Waals surface area contributed by atoms with Gasteiger partial charge in [0.25, 0.3) is 0 Å². The Morgan fingerprint density at radius 2 is 1.24 bits per heavy atom. The molecule has 0 fully saturated rings. The van der Waals surface area contributed by atoms with Gasteiger partial charge in [0.15, 0.2) is 0 Å². The highest BCUT2D eigenvalue weighted by Gasteiger charge is 2.27. The van der Waals surface area contributed by atoms with Crippen LogP contribution in [0.15, 0.2) is 126 Å². The molecule has 0 unspecified atom stereocenters. The molecule has 0 saturated carbocycles. The number of pyridine rings is 1. The molecule has 0 saturated heterocycles. The summed E-state index contributed by atoms with van der Waals surface area (Å²) in [7, 11) is 0. The van der Waals surface area contributed by atoms with Crippen molar-refractivity contribution in [1.29, 1.82) is 0 Å². The smallest absolute Gasteiger partial charge is 0.147 e. The van der Waals surface area contributed by atoms with Gasteiger partial charge in [-0.25, -0.2) is 4.98 Å². The van der Waals surface area contributed by atoms with Crippen molar-refractivity contribution in [2.24, 2.45) is 0 Å². The SMILES string of the molecule is Cc1ccnc2c(-c3cccc(-c4nc5c(-c6c(O)ccc7c6oc6ccccc67)cc(C(C)(C)C)cc5n4-c4ccc(C(C)(C)C)cc4)c3)cc(C(C)(C)C)cc12. The molecule has 1 N–H and O–H groups in total. The second-order valence-corrected chi connectivity index (χ2v) is 19.0. The van der Waals surface area contributed by atoms with Crippen LogP contribution in [0, 0.1) is 6.92 Å². The van der Waals surface area contributed by atoms with Gasteiger partial charge in [-0.05, 0) is 118 Å². The summed E-state index contributed by atoms with van der Waals surface area (Å²) < 4.78 is 8.88. The molecule has 0 spiro atoms. The fraction of sp³-hybridized carbons (Fsp3) is 0.245. The number of aromatic hydroxyl groups is 1. The Bertz CT molecular complexity index is 3070. The van der Waals surface area contributed by atoms with Crippen molar-refractivity contribution in [3.05, 3.63) is 144 Å². The van der Waals surface area contributed by atoms with Crippen LogP contribution in [0.25, 0.3) is 83.2 Å². The lowest BCUT2D eigenvalue weighted by Crippen LogP contribution is -2.12. The lowest BCUT2D eigenvalue weighted by atomic mass is 9.83. The summed E-state index contributed by atoms with van der Waals surface area (Å²) in [4.78, 5) is 10.5. The third-order valence-electron chi connectivity index (χ3n) is 11.8. The molecule has 6 aromatic carbocycles. The van der Waals surface area contributed by atoms with Crippen LogP contribution in [0.1, 0.15) is 84.6 Å². The summed E-state index contributed by atoms with van der Waals surface area (Å²) in [6.45, 7) is 22.4. The number of aromatic nitrogens is 3. The van der Waals surface area contributed by atoms with Gasteiger partial charge in [0.1, 0.15) is 22.7 Å². The Labute approximate surface area is 341 Å². The molecule has 0 bridgehead atoms. The van der Waals surface area contributed by atoms with Gasteiger partial charge in [-0.3, -0.25) is 9.55 Å². The third-order valence-corrected chi connectivity index (χ3v) is 11.8. The van der Waals surface area contributed by atoms with E-state index < -0.39 is 0 Å². The van der Waals surface area contributed by atoms with E-state index >= 15 is 0 Å². The number of furan rings is 1. The van der Waals surface area contributed by atoms with Crippen molar-refractivity contribution in [3.63, 3.8) is 0 Å². The number of phenols is 1. The van der Waals surface area contributed by atoms with Crippen molar-refractivity contribution < 1.29 is 9.52 Å². The standard InChI is InChI=1S/C53H51N3O2/c1-31-24-25-54-47-40(31)27-35(52(5,6)7)28-41(47)32-14-13-15-33(26-32)50-55-48-42(46-44(57)23-22-39-38-16-11-12-17-45(38)58-49(39)46)29-36(53(8,9)10)30-43(48)56(50)37-20-18-34(19-21-37)51(2,3)4/h11-30,57H,1-10H3. The zero-order valence-electron chi connectivity index (χ0n) is 35.2. The van der Waals surface area contributed by atoms with E-state index in [1.807, 2.05) is 30.5 Å². The predicted octanol–water partition coefficient (Wildman–Crippen LogP) is 14.4. The summed E-state index contributed by atoms with van der Waals surface area (Å²) in [5.41, 5.74) is 14.4. The Morgan fingerprint density at radius 1 is 0.569 bits per heavy atom. The Balaban J connectivity index is 1.37. The summed E-state index contributed by atoms with van der Waals surface area (Å²) in [5.74, 6) is 0.962. The monoisotopic (exact) mass is 761 g/mol. The zero-order chi connectivity index (χ0) is 40.9. The number of benzene rings is 6. The van der Waals surface area contributed by atoms with Gasteiger partial charge < -0.3 is 9.52 Å². The fourth-order valence-corrected chi connectivity index (χ4v) is 8.27. The minimum atomic E-state index is -0.212. The maximum absolute atomic E-state index is 11.8. The molecule has 0 aliphatic heterocycles. The Kier molecular flexibility index (Phi) is 8.49. The van der Waals surface area contributed by atoms with Gasteiger partial charge in [0.05, 0.1) is 22.1 Å². The quantitative estimate of drug-likeness (QED) is 0.194. The number of rotatable bonds is 4. The average molecular weight is 762 g/mol. The number of aryl methyl sites for hydroxylation is 1. The first-order valence-electron chi connectivity index (χ1n) is 20.3. The molecule has 9 rings (SSSR count). The largest absolute Gasteiger partial charge is 0.507 e. The molecule has 3 aromatic heterocycles. The van der Waals surface area contributed by atoms with Gasteiger partial charge in [-0.15, -0.1) is 0 Å². The van der Waals surface area contributed by atoms with Crippen molar-refractivity contribution in [3.8, 4) is 45.1 Å². The molecule has 290 valence electrons. The summed E-state index contributed by atoms with van der Waals surface area (Å²) in [6, 6.07) is 40.6. The van der Waals surface area contributed by atoms with E-state index in [4.69, 9.17) is 14.4 Å². The van der Waals surface area contributed by atoms with Gasteiger partial charge in [0, 0.05) is 44.7 Å². The zero-order valence-corrected chi connectivity index (χ0v) is 35.2. The highest BCUT2D eigenvalue weighted by atomic mass is 16.3. The van der Waals surface area contributed by atoms with Crippen molar-refractivity contribution in [2.45, 2.75) is 85.5 Å². The van der Waals surface area contributed by atoms with E-state index in [9.17, 15) is 5.11 Å². The lowest BCUT2D eigenvalue weighted by molar-refractivity contribution is 0.477. The molecule has 58 heavy (non-hydrogen) atoms. The van der Waals surface area contributed by atoms with E-state index in [1.165, 1.54) is 22.1 Å². The van der Waals surface area contributed by atoms with Crippen LogP contribution in [0.5, 0.6) is 5.75 Å². The van der Waals surface area contributed by atoms with Gasteiger partial charge in [-0.2, -0.15) is 0 Å². The number of imidazole rings is 1. The fourth-order valence-electron chi connectivity index (χ4n) is 8.27. The molecule has 0 aliphatic carbocycles. The number of hydrogen-bond acceptors (Lipinski definition) is 4. The molecule has 9 aromatic rings. The number of nitrogens with zero attached hydrogens (tertiary/aromatic N) is 3. The molecule has 0 atom stereocenters. The van der Waals surface area contributed by atoms with E-state index in [1.54, 1.807) is 6.07 Å². The number of phenolic OH excluding ortho intramolecular Hbond substituents is 1. The summed E-state index contributed by atoms with van der Waals surface area (Å²) >= 11 is 0. The minimum Gasteiger partial charge on any atom is -0.507 e. The topological polar surface area (TPSA) is 64.1 Å². The first-order chi connectivity index (χ1) is 27.5. The maximum Gasteiger partial charge on any atom is 0.147 e. The van der Waals surface area contributed by atoms with Crippen molar-refractivity contribution >= 4 is 43.9 Å². The van der Waals surface area contributed by atoms with E-state index in [0.29, 0.717) is 11.1 Å². The van der Waals surface area contributed by atoms with E-state index in [0.717, 1.165) is 72.2 Å². The number of para-hydroxylation sites is 1. The molecule has 0 radical (unpaired) electrons. The summed E-state index contributed by atoms with van der Waals surface area (Å²) in [6.07, 6.45) is 1.91. The highest BCUT2D eigenvalue weighted by Crippen LogP contribution is 2.46. The molecule has 0 aliphatic rings. The van der Waals surface area contributed by atoms with Crippen LogP contribution in [-0.4, -0.2) is 19.6 Å². The maximum atomic E-state index is 11.8. The van der Waals surface area contributed by atoms with Crippen LogP contribution in [0.3, 0.4) is 0 Å².